The molecule has 0 fully saturated rings. The highest BCUT2D eigenvalue weighted by molar-refractivity contribution is 5.74. The Morgan fingerprint density at radius 1 is 1.00 bits per heavy atom. The molecule has 0 radical (unpaired) electrons. The molecule has 3 heterocycles. The lowest BCUT2D eigenvalue weighted by molar-refractivity contribution is 0.619. The normalized spacial score (nSPS) is 11.2. The third-order valence-electron chi connectivity index (χ3n) is 4.70. The quantitative estimate of drug-likeness (QED) is 0.482. The first kappa shape index (κ1) is 17.8. The van der Waals surface area contributed by atoms with Gasteiger partial charge in [0.05, 0.1) is 24.0 Å². The van der Waals surface area contributed by atoms with E-state index in [2.05, 4.69) is 20.1 Å². The van der Waals surface area contributed by atoms with Gasteiger partial charge >= 0.3 is 5.69 Å². The van der Waals surface area contributed by atoms with Gasteiger partial charge in [-0.3, -0.25) is 14.5 Å². The predicted octanol–water partition coefficient (Wildman–Crippen LogP) is 2.45. The van der Waals surface area contributed by atoms with Crippen LogP contribution in [0.15, 0.2) is 76.6 Å². The minimum absolute atomic E-state index is 0.171. The first-order valence-electron chi connectivity index (χ1n) is 9.16. The number of nitrogens with zero attached hydrogens (tertiary/aromatic N) is 4. The van der Waals surface area contributed by atoms with Crippen LogP contribution in [0.4, 0.5) is 4.39 Å². The van der Waals surface area contributed by atoms with E-state index in [1.54, 1.807) is 53.5 Å². The van der Waals surface area contributed by atoms with Crippen LogP contribution in [-0.4, -0.2) is 29.3 Å². The Morgan fingerprint density at radius 2 is 1.83 bits per heavy atom. The number of halogens is 1. The third-order valence-corrected chi connectivity index (χ3v) is 4.70. The smallest absolute Gasteiger partial charge is 0.332 e. The Morgan fingerprint density at radius 3 is 2.63 bits per heavy atom. The highest BCUT2D eigenvalue weighted by Gasteiger charge is 2.15. The molecule has 5 aromatic rings. The molecule has 3 aromatic heterocycles. The van der Waals surface area contributed by atoms with Gasteiger partial charge < -0.3 is 4.98 Å². The van der Waals surface area contributed by atoms with E-state index in [0.717, 1.165) is 10.1 Å². The Labute approximate surface area is 168 Å². The number of benzene rings is 2. The summed E-state index contributed by atoms with van der Waals surface area (Å²) in [6.07, 6.45) is 3.32. The molecule has 0 unspecified atom stereocenters. The van der Waals surface area contributed by atoms with Crippen molar-refractivity contribution in [3.8, 4) is 17.1 Å². The third kappa shape index (κ3) is 3.12. The fraction of sp³-hybridized carbons (Fsp3) is 0.0476. The van der Waals surface area contributed by atoms with Gasteiger partial charge in [0, 0.05) is 6.20 Å². The van der Waals surface area contributed by atoms with E-state index in [4.69, 9.17) is 0 Å². The highest BCUT2D eigenvalue weighted by Crippen LogP contribution is 2.17. The summed E-state index contributed by atoms with van der Waals surface area (Å²) in [4.78, 5) is 35.3. The first-order valence-corrected chi connectivity index (χ1v) is 9.16. The number of nitrogens with one attached hydrogen (secondary N) is 2. The van der Waals surface area contributed by atoms with E-state index >= 15 is 0 Å². The van der Waals surface area contributed by atoms with E-state index in [1.165, 1.54) is 12.1 Å². The molecule has 0 saturated heterocycles. The van der Waals surface area contributed by atoms with Crippen LogP contribution < -0.4 is 11.2 Å². The van der Waals surface area contributed by atoms with Crippen LogP contribution in [-0.2, 0) is 6.54 Å². The number of aromatic nitrogens is 6. The van der Waals surface area contributed by atoms with E-state index in [-0.39, 0.29) is 17.0 Å². The fourth-order valence-electron chi connectivity index (χ4n) is 3.32. The van der Waals surface area contributed by atoms with Crippen LogP contribution in [0.2, 0.25) is 0 Å². The SMILES string of the molecule is O=c1[nH]c2nc(-c3cnn(Cc4cccc(F)c4)c3)[nH]c2c(=O)n1-c1ccccc1. The molecule has 0 spiro atoms. The fourth-order valence-corrected chi connectivity index (χ4v) is 3.32. The van der Waals surface area contributed by atoms with Crippen LogP contribution in [0.5, 0.6) is 0 Å². The summed E-state index contributed by atoms with van der Waals surface area (Å²) in [5.74, 6) is 0.0878. The lowest BCUT2D eigenvalue weighted by Gasteiger charge is -2.03. The number of hydrogen-bond acceptors (Lipinski definition) is 4. The number of fused-ring (bicyclic) bond motifs is 1. The van der Waals surface area contributed by atoms with Crippen molar-refractivity contribution < 1.29 is 4.39 Å². The van der Waals surface area contributed by atoms with Gasteiger partial charge in [-0.15, -0.1) is 0 Å². The van der Waals surface area contributed by atoms with Crippen LogP contribution in [0, 0.1) is 5.82 Å². The van der Waals surface area contributed by atoms with E-state index in [0.29, 0.717) is 23.6 Å². The van der Waals surface area contributed by atoms with Gasteiger partial charge in [-0.25, -0.2) is 18.7 Å². The largest absolute Gasteiger partial charge is 0.334 e. The molecule has 0 aliphatic rings. The maximum Gasteiger partial charge on any atom is 0.334 e. The molecule has 0 amide bonds. The second kappa shape index (κ2) is 6.96. The van der Waals surface area contributed by atoms with Crippen LogP contribution in [0.3, 0.4) is 0 Å². The Balaban J connectivity index is 1.53. The second-order valence-corrected chi connectivity index (χ2v) is 6.77. The Hall–Kier alpha value is -4.27. The Bertz CT molecular complexity index is 1480. The van der Waals surface area contributed by atoms with E-state index < -0.39 is 11.2 Å². The molecule has 0 atom stereocenters. The number of para-hydroxylation sites is 1. The van der Waals surface area contributed by atoms with Gasteiger partial charge in [-0.1, -0.05) is 30.3 Å². The van der Waals surface area contributed by atoms with Crippen molar-refractivity contribution in [3.05, 3.63) is 99.2 Å². The average molecular weight is 402 g/mol. The summed E-state index contributed by atoms with van der Waals surface area (Å²) in [5, 5.41) is 4.27. The maximum atomic E-state index is 13.4. The summed E-state index contributed by atoms with van der Waals surface area (Å²) in [6.45, 7) is 0.385. The molecule has 148 valence electrons. The zero-order valence-corrected chi connectivity index (χ0v) is 15.5. The summed E-state index contributed by atoms with van der Waals surface area (Å²) in [5.41, 5.74) is 1.16. The number of H-pyrrole nitrogens is 2. The molecule has 5 rings (SSSR count). The summed E-state index contributed by atoms with van der Waals surface area (Å²) in [7, 11) is 0. The van der Waals surface area contributed by atoms with Gasteiger partial charge in [0.2, 0.25) is 0 Å². The zero-order valence-electron chi connectivity index (χ0n) is 15.5. The van der Waals surface area contributed by atoms with Gasteiger partial charge in [0.1, 0.15) is 11.6 Å². The number of hydrogen-bond donors (Lipinski definition) is 2. The standard InChI is InChI=1S/C21H15FN6O2/c22-15-6-4-5-13(9-15)11-27-12-14(10-23-27)18-24-17-19(25-18)26-21(30)28(20(17)29)16-7-2-1-3-8-16/h1-10,12H,11H2,(H,24,25)(H,26,30). The molecule has 30 heavy (non-hydrogen) atoms. The molecule has 0 aliphatic heterocycles. The van der Waals surface area contributed by atoms with E-state index in [1.807, 2.05) is 6.07 Å². The molecule has 8 nitrogen and oxygen atoms in total. The van der Waals surface area contributed by atoms with Crippen molar-refractivity contribution in [3.63, 3.8) is 0 Å². The van der Waals surface area contributed by atoms with Crippen molar-refractivity contribution in [2.75, 3.05) is 0 Å². The minimum Gasteiger partial charge on any atom is -0.332 e. The molecule has 0 bridgehead atoms. The molecular formula is C21H15FN6O2. The van der Waals surface area contributed by atoms with Gasteiger partial charge in [0.15, 0.2) is 11.2 Å². The highest BCUT2D eigenvalue weighted by atomic mass is 19.1. The second-order valence-electron chi connectivity index (χ2n) is 6.77. The first-order chi connectivity index (χ1) is 14.6. The zero-order chi connectivity index (χ0) is 20.7. The minimum atomic E-state index is -0.571. The molecule has 2 N–H and O–H groups in total. The number of rotatable bonds is 4. The van der Waals surface area contributed by atoms with Gasteiger partial charge in [-0.2, -0.15) is 5.10 Å². The molecule has 9 heteroatoms. The monoisotopic (exact) mass is 402 g/mol. The van der Waals surface area contributed by atoms with Crippen LogP contribution >= 0.6 is 0 Å². The van der Waals surface area contributed by atoms with E-state index in [9.17, 15) is 14.0 Å². The number of imidazole rings is 1. The lowest BCUT2D eigenvalue weighted by atomic mass is 10.2. The van der Waals surface area contributed by atoms with Crippen molar-refractivity contribution >= 4 is 11.2 Å². The van der Waals surface area contributed by atoms with Gasteiger partial charge in [-0.05, 0) is 29.8 Å². The molecular weight excluding hydrogens is 387 g/mol. The van der Waals surface area contributed by atoms with Crippen LogP contribution in [0.25, 0.3) is 28.2 Å². The lowest BCUT2D eigenvalue weighted by Crippen LogP contribution is -2.33. The van der Waals surface area contributed by atoms with Crippen LogP contribution in [0.1, 0.15) is 5.56 Å². The average Bonchev–Trinajstić information content (AvgIpc) is 3.36. The molecule has 0 aliphatic carbocycles. The summed E-state index contributed by atoms with van der Waals surface area (Å²) < 4.78 is 16.1. The molecule has 0 saturated carbocycles. The number of aromatic amines is 2. The summed E-state index contributed by atoms with van der Waals surface area (Å²) in [6, 6.07) is 14.9. The summed E-state index contributed by atoms with van der Waals surface area (Å²) >= 11 is 0. The van der Waals surface area contributed by atoms with Gasteiger partial charge in [0.25, 0.3) is 5.56 Å². The topological polar surface area (TPSA) is 101 Å². The van der Waals surface area contributed by atoms with Crippen molar-refractivity contribution in [2.45, 2.75) is 6.54 Å². The maximum absolute atomic E-state index is 13.4. The molecule has 2 aromatic carbocycles. The van der Waals surface area contributed by atoms with Crippen molar-refractivity contribution in [1.29, 1.82) is 0 Å². The van der Waals surface area contributed by atoms with Crippen molar-refractivity contribution in [1.82, 2.24) is 29.3 Å². The predicted molar refractivity (Wildman–Crippen MR) is 109 cm³/mol. The van der Waals surface area contributed by atoms with Crippen molar-refractivity contribution in [2.24, 2.45) is 0 Å². The Kier molecular flexibility index (Phi) is 4.13.